The van der Waals surface area contributed by atoms with Gasteiger partial charge in [0, 0.05) is 76.5 Å². The molecule has 2 amide bonds. The van der Waals surface area contributed by atoms with Gasteiger partial charge in [0.25, 0.3) is 0 Å². The largest absolute Gasteiger partial charge is 0.383 e. The molecule has 1 aliphatic rings. The lowest BCUT2D eigenvalue weighted by Gasteiger charge is -2.46. The summed E-state index contributed by atoms with van der Waals surface area (Å²) in [6.07, 6.45) is 3.23. The summed E-state index contributed by atoms with van der Waals surface area (Å²) in [7, 11) is 7.24. The van der Waals surface area contributed by atoms with Crippen LogP contribution in [0.25, 0.3) is 0 Å². The SMILES string of the molecule is CNCCN(C)Cc1c[nH]nc1C1CC(C(=O)NCCOC)C(C)(C)C(C(=O)NCCOC)C1. The second-order valence-corrected chi connectivity index (χ2v) is 9.80. The number of nitrogens with one attached hydrogen (secondary N) is 4. The fraction of sp³-hybridized carbons (Fsp3) is 0.792. The number of methoxy groups -OCH3 is 2. The molecular weight excluding hydrogens is 436 g/mol. The zero-order chi connectivity index (χ0) is 25.1. The zero-order valence-electron chi connectivity index (χ0n) is 21.7. The van der Waals surface area contributed by atoms with Crippen LogP contribution in [0.15, 0.2) is 6.20 Å². The summed E-state index contributed by atoms with van der Waals surface area (Å²) in [6.45, 7) is 8.41. The summed E-state index contributed by atoms with van der Waals surface area (Å²) >= 11 is 0. The third-order valence-corrected chi connectivity index (χ3v) is 7.00. The molecule has 2 rings (SSSR count). The Balaban J connectivity index is 2.28. The highest BCUT2D eigenvalue weighted by molar-refractivity contribution is 5.84. The average Bonchev–Trinajstić information content (AvgIpc) is 3.25. The van der Waals surface area contributed by atoms with Crippen molar-refractivity contribution < 1.29 is 19.1 Å². The number of likely N-dealkylation sites (N-methyl/N-ethyl adjacent to an activating group) is 2. The first-order chi connectivity index (χ1) is 16.3. The van der Waals surface area contributed by atoms with E-state index in [9.17, 15) is 9.59 Å². The van der Waals surface area contributed by atoms with Gasteiger partial charge < -0.3 is 30.3 Å². The lowest BCUT2D eigenvalue weighted by atomic mass is 9.58. The standard InChI is InChI=1S/C24H44N6O4/c1-24(2)19(22(31)26-8-11-33-5)13-17(14-20(24)23(32)27-9-12-34-6)21-18(15-28-29-21)16-30(4)10-7-25-3/h15,17,19-20,25H,7-14,16H2,1-6H3,(H,26,31)(H,27,32)(H,28,29). The van der Waals surface area contributed by atoms with Gasteiger partial charge in [-0.25, -0.2) is 0 Å². The maximum absolute atomic E-state index is 13.3. The highest BCUT2D eigenvalue weighted by Crippen LogP contribution is 2.50. The molecule has 0 saturated heterocycles. The maximum Gasteiger partial charge on any atom is 0.223 e. The summed E-state index contributed by atoms with van der Waals surface area (Å²) in [5.74, 6) is -0.724. The molecule has 2 unspecified atom stereocenters. The number of ether oxygens (including phenoxy) is 2. The number of rotatable bonds is 14. The number of amides is 2. The summed E-state index contributed by atoms with van der Waals surface area (Å²) in [4.78, 5) is 28.7. The fourth-order valence-corrected chi connectivity index (χ4v) is 4.91. The lowest BCUT2D eigenvalue weighted by Crippen LogP contribution is -2.52. The van der Waals surface area contributed by atoms with Crippen molar-refractivity contribution in [3.8, 4) is 0 Å². The van der Waals surface area contributed by atoms with E-state index in [0.29, 0.717) is 39.1 Å². The predicted molar refractivity (Wildman–Crippen MR) is 131 cm³/mol. The number of carbonyl (C=O) groups is 2. The van der Waals surface area contributed by atoms with Crippen molar-refractivity contribution in [3.63, 3.8) is 0 Å². The first kappa shape index (κ1) is 28.2. The molecule has 1 aromatic rings. The van der Waals surface area contributed by atoms with E-state index in [0.717, 1.165) is 30.9 Å². The Labute approximate surface area is 203 Å². The van der Waals surface area contributed by atoms with Gasteiger partial charge in [0.2, 0.25) is 11.8 Å². The van der Waals surface area contributed by atoms with Gasteiger partial charge in [-0.3, -0.25) is 14.7 Å². The van der Waals surface area contributed by atoms with Gasteiger partial charge in [-0.1, -0.05) is 13.8 Å². The molecule has 10 heteroatoms. The first-order valence-corrected chi connectivity index (χ1v) is 12.1. The van der Waals surface area contributed by atoms with Crippen LogP contribution in [0.1, 0.15) is 43.9 Å². The van der Waals surface area contributed by atoms with Crippen LogP contribution < -0.4 is 16.0 Å². The summed E-state index contributed by atoms with van der Waals surface area (Å²) < 4.78 is 10.2. The molecule has 0 spiro atoms. The number of hydrogen-bond donors (Lipinski definition) is 4. The van der Waals surface area contributed by atoms with E-state index in [1.54, 1.807) is 14.2 Å². The summed E-state index contributed by atoms with van der Waals surface area (Å²) in [6, 6.07) is 0. The maximum atomic E-state index is 13.3. The van der Waals surface area contributed by atoms with Crippen LogP contribution in [0.4, 0.5) is 0 Å². The molecule has 1 saturated carbocycles. The minimum Gasteiger partial charge on any atom is -0.383 e. The molecule has 34 heavy (non-hydrogen) atoms. The van der Waals surface area contributed by atoms with E-state index in [1.165, 1.54) is 0 Å². The van der Waals surface area contributed by atoms with E-state index in [-0.39, 0.29) is 29.6 Å². The van der Waals surface area contributed by atoms with Gasteiger partial charge in [-0.2, -0.15) is 5.10 Å². The van der Waals surface area contributed by atoms with E-state index < -0.39 is 5.41 Å². The number of hydrogen-bond acceptors (Lipinski definition) is 7. The number of aromatic amines is 1. The molecule has 194 valence electrons. The van der Waals surface area contributed by atoms with E-state index >= 15 is 0 Å². The quantitative estimate of drug-likeness (QED) is 0.290. The molecule has 10 nitrogen and oxygen atoms in total. The van der Waals surface area contributed by atoms with Gasteiger partial charge in [0.15, 0.2) is 0 Å². The van der Waals surface area contributed by atoms with Crippen LogP contribution in [-0.2, 0) is 25.6 Å². The molecule has 1 aromatic heterocycles. The Hall–Kier alpha value is -2.01. The highest BCUT2D eigenvalue weighted by Gasteiger charge is 2.50. The van der Waals surface area contributed by atoms with Crippen LogP contribution in [0.5, 0.6) is 0 Å². The van der Waals surface area contributed by atoms with Gasteiger partial charge in [0.1, 0.15) is 0 Å². The van der Waals surface area contributed by atoms with Crippen molar-refractivity contribution in [2.45, 2.75) is 39.2 Å². The number of H-pyrrole nitrogens is 1. The second-order valence-electron chi connectivity index (χ2n) is 9.80. The average molecular weight is 481 g/mol. The van der Waals surface area contributed by atoms with Gasteiger partial charge in [0.05, 0.1) is 18.9 Å². The van der Waals surface area contributed by atoms with Crippen molar-refractivity contribution in [2.24, 2.45) is 17.3 Å². The topological polar surface area (TPSA) is 121 Å². The van der Waals surface area contributed by atoms with Gasteiger partial charge >= 0.3 is 0 Å². The van der Waals surface area contributed by atoms with Crippen molar-refractivity contribution in [1.82, 2.24) is 31.0 Å². The molecule has 2 atom stereocenters. The Bertz CT molecular complexity index is 734. The fourth-order valence-electron chi connectivity index (χ4n) is 4.91. The molecular formula is C24H44N6O4. The first-order valence-electron chi connectivity index (χ1n) is 12.1. The molecule has 4 N–H and O–H groups in total. The van der Waals surface area contributed by atoms with Crippen molar-refractivity contribution in [2.75, 3.05) is 67.7 Å². The van der Waals surface area contributed by atoms with E-state index in [4.69, 9.17) is 9.47 Å². The zero-order valence-corrected chi connectivity index (χ0v) is 21.7. The number of carbonyl (C=O) groups excluding carboxylic acids is 2. The third kappa shape index (κ3) is 7.49. The minimum absolute atomic E-state index is 0.00308. The van der Waals surface area contributed by atoms with Crippen LogP contribution in [0, 0.1) is 17.3 Å². The van der Waals surface area contributed by atoms with E-state index in [2.05, 4.69) is 38.1 Å². The molecule has 0 bridgehead atoms. The lowest BCUT2D eigenvalue weighted by molar-refractivity contribution is -0.140. The molecule has 0 aliphatic heterocycles. The highest BCUT2D eigenvalue weighted by atomic mass is 16.5. The Kier molecular flexibility index (Phi) is 11.4. The normalized spacial score (nSPS) is 22.0. The Morgan fingerprint density at radius 2 is 1.65 bits per heavy atom. The van der Waals surface area contributed by atoms with E-state index in [1.807, 2.05) is 27.1 Å². The van der Waals surface area contributed by atoms with Gasteiger partial charge in [-0.15, -0.1) is 0 Å². The Morgan fingerprint density at radius 1 is 1.09 bits per heavy atom. The molecule has 0 aromatic carbocycles. The van der Waals surface area contributed by atoms with Crippen molar-refractivity contribution in [3.05, 3.63) is 17.5 Å². The van der Waals surface area contributed by atoms with Crippen LogP contribution in [0.3, 0.4) is 0 Å². The monoisotopic (exact) mass is 480 g/mol. The second kappa shape index (κ2) is 13.8. The predicted octanol–water partition coefficient (Wildman–Crippen LogP) is 0.722. The molecule has 1 fully saturated rings. The molecule has 1 aliphatic carbocycles. The number of nitrogens with zero attached hydrogens (tertiary/aromatic N) is 2. The van der Waals surface area contributed by atoms with Crippen LogP contribution in [0.2, 0.25) is 0 Å². The summed E-state index contributed by atoms with van der Waals surface area (Å²) in [5.41, 5.74) is 1.56. The summed E-state index contributed by atoms with van der Waals surface area (Å²) in [5, 5.41) is 16.8. The molecule has 1 heterocycles. The van der Waals surface area contributed by atoms with Crippen LogP contribution >= 0.6 is 0 Å². The van der Waals surface area contributed by atoms with Crippen molar-refractivity contribution >= 4 is 11.8 Å². The number of aromatic nitrogens is 2. The Morgan fingerprint density at radius 3 is 2.15 bits per heavy atom. The molecule has 0 radical (unpaired) electrons. The van der Waals surface area contributed by atoms with Crippen molar-refractivity contribution in [1.29, 1.82) is 0 Å². The van der Waals surface area contributed by atoms with Crippen LogP contribution in [-0.4, -0.2) is 94.6 Å². The third-order valence-electron chi connectivity index (χ3n) is 7.00. The smallest absolute Gasteiger partial charge is 0.223 e. The van der Waals surface area contributed by atoms with Gasteiger partial charge in [-0.05, 0) is 32.4 Å². The minimum atomic E-state index is -0.509.